The first-order valence-electron chi connectivity index (χ1n) is 7.17. The van der Waals surface area contributed by atoms with Crippen LogP contribution in [0.2, 0.25) is 0 Å². The zero-order chi connectivity index (χ0) is 14.4. The summed E-state index contributed by atoms with van der Waals surface area (Å²) in [6.07, 6.45) is 6.38. The standard InChI is InChI=1S/C16H18N2O2/c1-4-12-17-13-10-7-5-6-8-11(10)15(19)16(20)14(13)18(12)9(2)3/h7-9H,4-6H2,1-3H3. The number of hydrogen-bond donors (Lipinski definition) is 0. The smallest absolute Gasteiger partial charge is 0.252 e. The first kappa shape index (κ1) is 13.0. The molecule has 0 saturated carbocycles. The number of ketones is 2. The van der Waals surface area contributed by atoms with Crippen molar-refractivity contribution in [2.24, 2.45) is 0 Å². The second-order valence-corrected chi connectivity index (χ2v) is 5.51. The van der Waals surface area contributed by atoms with Gasteiger partial charge in [0.2, 0.25) is 5.78 Å². The Morgan fingerprint density at radius 1 is 1.15 bits per heavy atom. The van der Waals surface area contributed by atoms with Crippen LogP contribution in [0.25, 0.3) is 5.57 Å². The van der Waals surface area contributed by atoms with Gasteiger partial charge in [0.15, 0.2) is 0 Å². The minimum absolute atomic E-state index is 0.118. The molecular formula is C16H18N2O2. The third kappa shape index (κ3) is 1.64. The van der Waals surface area contributed by atoms with Gasteiger partial charge in [0.25, 0.3) is 5.78 Å². The summed E-state index contributed by atoms with van der Waals surface area (Å²) in [7, 11) is 0. The van der Waals surface area contributed by atoms with Crippen molar-refractivity contribution in [3.05, 3.63) is 34.9 Å². The first-order chi connectivity index (χ1) is 9.56. The van der Waals surface area contributed by atoms with E-state index in [4.69, 9.17) is 0 Å². The summed E-state index contributed by atoms with van der Waals surface area (Å²) in [6.45, 7) is 6.05. The number of aromatic nitrogens is 2. The molecule has 1 heterocycles. The Kier molecular flexibility index (Phi) is 2.96. The monoisotopic (exact) mass is 270 g/mol. The molecule has 0 saturated heterocycles. The minimum atomic E-state index is -0.411. The van der Waals surface area contributed by atoms with Crippen LogP contribution >= 0.6 is 0 Å². The molecule has 4 heteroatoms. The van der Waals surface area contributed by atoms with E-state index in [9.17, 15) is 9.59 Å². The van der Waals surface area contributed by atoms with Crippen LogP contribution in [0.3, 0.4) is 0 Å². The molecule has 2 aliphatic carbocycles. The van der Waals surface area contributed by atoms with Crippen molar-refractivity contribution in [1.29, 1.82) is 0 Å². The largest absolute Gasteiger partial charge is 0.322 e. The van der Waals surface area contributed by atoms with Crippen LogP contribution in [-0.2, 0) is 11.2 Å². The van der Waals surface area contributed by atoms with Gasteiger partial charge in [0.05, 0.1) is 0 Å². The third-order valence-corrected chi connectivity index (χ3v) is 3.89. The summed E-state index contributed by atoms with van der Waals surface area (Å²) < 4.78 is 1.92. The van der Waals surface area contributed by atoms with Crippen LogP contribution in [0.15, 0.2) is 17.7 Å². The van der Waals surface area contributed by atoms with E-state index in [1.807, 2.05) is 37.5 Å². The highest BCUT2D eigenvalue weighted by molar-refractivity contribution is 6.54. The molecule has 0 amide bonds. The van der Waals surface area contributed by atoms with Crippen molar-refractivity contribution in [3.8, 4) is 0 Å². The Hall–Kier alpha value is -1.97. The van der Waals surface area contributed by atoms with Crippen LogP contribution in [-0.4, -0.2) is 21.1 Å². The molecule has 4 nitrogen and oxygen atoms in total. The highest BCUT2D eigenvalue weighted by Crippen LogP contribution is 2.37. The molecular weight excluding hydrogens is 252 g/mol. The highest BCUT2D eigenvalue weighted by Gasteiger charge is 2.38. The zero-order valence-electron chi connectivity index (χ0n) is 12.1. The van der Waals surface area contributed by atoms with Crippen LogP contribution in [0.1, 0.15) is 61.7 Å². The van der Waals surface area contributed by atoms with E-state index < -0.39 is 5.78 Å². The Morgan fingerprint density at radius 2 is 1.80 bits per heavy atom. The zero-order valence-corrected chi connectivity index (χ0v) is 12.1. The maximum Gasteiger partial charge on any atom is 0.252 e. The lowest BCUT2D eigenvalue weighted by Gasteiger charge is -2.21. The molecule has 0 aliphatic heterocycles. The molecule has 2 aliphatic rings. The van der Waals surface area contributed by atoms with E-state index in [0.29, 0.717) is 17.0 Å². The summed E-state index contributed by atoms with van der Waals surface area (Å²) in [4.78, 5) is 29.4. The average Bonchev–Trinajstić information content (AvgIpc) is 2.84. The van der Waals surface area contributed by atoms with Gasteiger partial charge in [0, 0.05) is 23.6 Å². The maximum absolute atomic E-state index is 12.4. The van der Waals surface area contributed by atoms with Crippen molar-refractivity contribution < 1.29 is 9.59 Å². The van der Waals surface area contributed by atoms with E-state index in [-0.39, 0.29) is 11.8 Å². The topological polar surface area (TPSA) is 52.0 Å². The van der Waals surface area contributed by atoms with Crippen molar-refractivity contribution in [2.45, 2.75) is 46.1 Å². The van der Waals surface area contributed by atoms with Gasteiger partial charge in [0.1, 0.15) is 17.2 Å². The number of carbonyl (C=O) groups excluding carboxylic acids is 2. The lowest BCUT2D eigenvalue weighted by atomic mass is 9.84. The van der Waals surface area contributed by atoms with Gasteiger partial charge in [-0.25, -0.2) is 4.98 Å². The number of allylic oxidation sites excluding steroid dienone is 4. The summed E-state index contributed by atoms with van der Waals surface area (Å²) in [5.41, 5.74) is 2.58. The second-order valence-electron chi connectivity index (χ2n) is 5.51. The molecule has 0 spiro atoms. The van der Waals surface area contributed by atoms with E-state index in [0.717, 1.165) is 30.7 Å². The fourth-order valence-electron chi connectivity index (χ4n) is 3.03. The lowest BCUT2D eigenvalue weighted by Crippen LogP contribution is -2.28. The van der Waals surface area contributed by atoms with Gasteiger partial charge >= 0.3 is 0 Å². The number of imidazole rings is 1. The average molecular weight is 270 g/mol. The number of hydrogen-bond acceptors (Lipinski definition) is 3. The summed E-state index contributed by atoms with van der Waals surface area (Å²) in [5.74, 6) is 0.0815. The van der Waals surface area contributed by atoms with E-state index in [1.165, 1.54) is 0 Å². The number of nitrogens with zero attached hydrogens (tertiary/aromatic N) is 2. The van der Waals surface area contributed by atoms with Crippen molar-refractivity contribution in [3.63, 3.8) is 0 Å². The predicted molar refractivity (Wildman–Crippen MR) is 76.6 cm³/mol. The van der Waals surface area contributed by atoms with E-state index in [2.05, 4.69) is 4.98 Å². The third-order valence-electron chi connectivity index (χ3n) is 3.89. The molecule has 0 unspecified atom stereocenters. The van der Waals surface area contributed by atoms with Gasteiger partial charge in [-0.2, -0.15) is 0 Å². The molecule has 0 atom stereocenters. The molecule has 0 radical (unpaired) electrons. The molecule has 0 aromatic carbocycles. The Balaban J connectivity index is 2.32. The molecule has 104 valence electrons. The quantitative estimate of drug-likeness (QED) is 0.776. The summed E-state index contributed by atoms with van der Waals surface area (Å²) >= 11 is 0. The van der Waals surface area contributed by atoms with Crippen molar-refractivity contribution >= 4 is 17.1 Å². The molecule has 20 heavy (non-hydrogen) atoms. The molecule has 0 bridgehead atoms. The number of Topliss-reactive ketones (excluding diaryl/α,β-unsaturated/α-hetero) is 2. The Labute approximate surface area is 118 Å². The lowest BCUT2D eigenvalue weighted by molar-refractivity contribution is -0.111. The van der Waals surface area contributed by atoms with Crippen molar-refractivity contribution in [2.75, 3.05) is 0 Å². The van der Waals surface area contributed by atoms with Gasteiger partial charge < -0.3 is 4.57 Å². The number of aryl methyl sites for hydroxylation is 1. The van der Waals surface area contributed by atoms with Crippen LogP contribution < -0.4 is 0 Å². The second kappa shape index (κ2) is 4.54. The number of carbonyl (C=O) groups is 2. The summed E-state index contributed by atoms with van der Waals surface area (Å²) in [6, 6.07) is 0.118. The first-order valence-corrected chi connectivity index (χ1v) is 7.17. The highest BCUT2D eigenvalue weighted by atomic mass is 16.2. The predicted octanol–water partition coefficient (Wildman–Crippen LogP) is 2.90. The normalized spacial score (nSPS) is 17.8. The van der Waals surface area contributed by atoms with Crippen LogP contribution in [0.5, 0.6) is 0 Å². The van der Waals surface area contributed by atoms with Gasteiger partial charge in [-0.15, -0.1) is 0 Å². The molecule has 0 N–H and O–H groups in total. The van der Waals surface area contributed by atoms with Crippen LogP contribution in [0, 0.1) is 0 Å². The summed E-state index contributed by atoms with van der Waals surface area (Å²) in [5, 5.41) is 0. The molecule has 1 aromatic heterocycles. The molecule has 1 aromatic rings. The van der Waals surface area contributed by atoms with Gasteiger partial charge in [-0.3, -0.25) is 9.59 Å². The fraction of sp³-hybridized carbons (Fsp3) is 0.438. The number of rotatable bonds is 2. The minimum Gasteiger partial charge on any atom is -0.322 e. The Morgan fingerprint density at radius 3 is 2.40 bits per heavy atom. The number of fused-ring (bicyclic) bond motifs is 3. The van der Waals surface area contributed by atoms with Crippen molar-refractivity contribution in [1.82, 2.24) is 9.55 Å². The molecule has 0 fully saturated rings. The molecule has 3 rings (SSSR count). The Bertz CT molecular complexity index is 675. The van der Waals surface area contributed by atoms with Gasteiger partial charge in [-0.05, 0) is 26.7 Å². The SMILES string of the molecule is CCc1nc2c(n1C(C)C)C(=O)C(=O)C1=CCCC=C12. The van der Waals surface area contributed by atoms with E-state index >= 15 is 0 Å². The van der Waals surface area contributed by atoms with Gasteiger partial charge in [-0.1, -0.05) is 19.1 Å². The fourth-order valence-corrected chi connectivity index (χ4v) is 3.03. The van der Waals surface area contributed by atoms with E-state index in [1.54, 1.807) is 0 Å². The van der Waals surface area contributed by atoms with Crippen LogP contribution in [0.4, 0.5) is 0 Å². The maximum atomic E-state index is 12.4.